The Hall–Kier alpha value is -2.39. The predicted octanol–water partition coefficient (Wildman–Crippen LogP) is 1.52. The van der Waals surface area contributed by atoms with Crippen LogP contribution < -0.4 is 10.6 Å². The van der Waals surface area contributed by atoms with Gasteiger partial charge in [-0.2, -0.15) is 0 Å². The van der Waals surface area contributed by atoms with E-state index in [4.69, 9.17) is 4.84 Å². The van der Waals surface area contributed by atoms with Crippen molar-refractivity contribution in [2.24, 2.45) is 17.0 Å². The summed E-state index contributed by atoms with van der Waals surface area (Å²) in [6.07, 6.45) is 0.443. The Kier molecular flexibility index (Phi) is 8.86. The monoisotopic (exact) mass is 417 g/mol. The maximum atomic E-state index is 12.6. The predicted molar refractivity (Wildman–Crippen MR) is 116 cm³/mol. The van der Waals surface area contributed by atoms with Gasteiger partial charge < -0.3 is 25.5 Å². The minimum absolute atomic E-state index is 0.178. The van der Waals surface area contributed by atoms with Gasteiger partial charge in [-0.1, -0.05) is 51.0 Å². The molecular formula is C21H32BN3O5. The van der Waals surface area contributed by atoms with Gasteiger partial charge in [-0.15, -0.1) is 0 Å². The Morgan fingerprint density at radius 1 is 1.10 bits per heavy atom. The Balaban J connectivity index is 2.01. The van der Waals surface area contributed by atoms with Crippen LogP contribution in [0.2, 0.25) is 0 Å². The number of benzene rings is 1. The molecule has 2 rings (SSSR count). The second kappa shape index (κ2) is 11.1. The van der Waals surface area contributed by atoms with Gasteiger partial charge in [0.25, 0.3) is 11.8 Å². The summed E-state index contributed by atoms with van der Waals surface area (Å²) in [5, 5.41) is 28.7. The number of carbonyl (C=O) groups is 2. The van der Waals surface area contributed by atoms with E-state index in [1.807, 2.05) is 33.8 Å². The van der Waals surface area contributed by atoms with E-state index in [2.05, 4.69) is 15.8 Å². The quantitative estimate of drug-likeness (QED) is 0.431. The highest BCUT2D eigenvalue weighted by molar-refractivity contribution is 6.43. The van der Waals surface area contributed by atoms with E-state index >= 15 is 0 Å². The lowest BCUT2D eigenvalue weighted by atomic mass is 9.75. The average molecular weight is 417 g/mol. The molecule has 0 bridgehead atoms. The molecule has 1 heterocycles. The van der Waals surface area contributed by atoms with E-state index in [1.165, 1.54) is 0 Å². The molecule has 9 heteroatoms. The number of oxime groups is 1. The lowest BCUT2D eigenvalue weighted by Gasteiger charge is -2.22. The van der Waals surface area contributed by atoms with Crippen molar-refractivity contribution in [3.8, 4) is 0 Å². The van der Waals surface area contributed by atoms with Crippen molar-refractivity contribution < 1.29 is 24.5 Å². The Labute approximate surface area is 178 Å². The zero-order valence-corrected chi connectivity index (χ0v) is 18.0. The van der Waals surface area contributed by atoms with Crippen LogP contribution in [0.3, 0.4) is 0 Å². The van der Waals surface area contributed by atoms with E-state index < -0.39 is 25.1 Å². The normalized spacial score (nSPS) is 17.9. The minimum atomic E-state index is -1.66. The molecule has 4 N–H and O–H groups in total. The first kappa shape index (κ1) is 23.9. The first-order valence-electron chi connectivity index (χ1n) is 10.4. The van der Waals surface area contributed by atoms with Gasteiger partial charge in [-0.3, -0.25) is 9.59 Å². The standard InChI is InChI=1S/C21H32BN3O5/c1-13(2)10-16(23-20(26)15-8-6-5-7-9-15)17-12-18(30-25-17)21(27)24-19(22(28)29)11-14(3)4/h5-9,13-14,16,18-19,28-29H,10-12H2,1-4H3,(H,23,26)(H,24,27)/t16-,18?,19-/m0/s1. The minimum Gasteiger partial charge on any atom is -0.426 e. The maximum absolute atomic E-state index is 12.6. The Morgan fingerprint density at radius 2 is 1.73 bits per heavy atom. The van der Waals surface area contributed by atoms with Crippen molar-refractivity contribution in [1.82, 2.24) is 10.6 Å². The van der Waals surface area contributed by atoms with Crippen molar-refractivity contribution in [3.05, 3.63) is 35.9 Å². The highest BCUT2D eigenvalue weighted by Crippen LogP contribution is 2.19. The molecule has 1 unspecified atom stereocenters. The fourth-order valence-corrected chi connectivity index (χ4v) is 3.36. The number of hydrogen-bond donors (Lipinski definition) is 4. The number of rotatable bonds is 10. The summed E-state index contributed by atoms with van der Waals surface area (Å²) < 4.78 is 0. The SMILES string of the molecule is CC(C)C[C@H](NC(=O)C1CC([C@H](CC(C)C)NC(=O)c2ccccc2)=NO1)B(O)O. The van der Waals surface area contributed by atoms with Gasteiger partial charge in [0.05, 0.1) is 17.7 Å². The summed E-state index contributed by atoms with van der Waals surface area (Å²) in [6, 6.07) is 8.56. The summed E-state index contributed by atoms with van der Waals surface area (Å²) in [6.45, 7) is 7.95. The van der Waals surface area contributed by atoms with Gasteiger partial charge >= 0.3 is 7.12 Å². The molecule has 0 saturated carbocycles. The smallest absolute Gasteiger partial charge is 0.426 e. The van der Waals surface area contributed by atoms with Crippen LogP contribution in [0.5, 0.6) is 0 Å². The molecule has 0 aliphatic carbocycles. The molecule has 3 atom stereocenters. The molecule has 0 saturated heterocycles. The van der Waals surface area contributed by atoms with Crippen molar-refractivity contribution in [2.75, 3.05) is 0 Å². The van der Waals surface area contributed by atoms with Crippen LogP contribution in [-0.4, -0.2) is 52.8 Å². The van der Waals surface area contributed by atoms with E-state index in [0.29, 0.717) is 30.0 Å². The fraction of sp³-hybridized carbons (Fsp3) is 0.571. The second-order valence-electron chi connectivity index (χ2n) is 8.56. The third-order valence-corrected chi connectivity index (χ3v) is 4.85. The van der Waals surface area contributed by atoms with Gasteiger partial charge in [-0.05, 0) is 36.8 Å². The lowest BCUT2D eigenvalue weighted by Crippen LogP contribution is -2.50. The molecule has 0 aromatic heterocycles. The largest absolute Gasteiger partial charge is 0.475 e. The van der Waals surface area contributed by atoms with Gasteiger partial charge in [0.1, 0.15) is 0 Å². The van der Waals surface area contributed by atoms with Crippen LogP contribution in [0, 0.1) is 11.8 Å². The molecule has 0 fully saturated rings. The van der Waals surface area contributed by atoms with E-state index in [0.717, 1.165) is 0 Å². The summed E-state index contributed by atoms with van der Waals surface area (Å²) in [4.78, 5) is 30.5. The van der Waals surface area contributed by atoms with Crippen LogP contribution in [-0.2, 0) is 9.63 Å². The molecule has 1 aromatic rings. The van der Waals surface area contributed by atoms with Crippen LogP contribution >= 0.6 is 0 Å². The molecule has 0 radical (unpaired) electrons. The van der Waals surface area contributed by atoms with Gasteiger partial charge in [0, 0.05) is 12.0 Å². The fourth-order valence-electron chi connectivity index (χ4n) is 3.36. The van der Waals surface area contributed by atoms with E-state index in [9.17, 15) is 19.6 Å². The molecule has 0 spiro atoms. The first-order chi connectivity index (χ1) is 14.2. The molecule has 1 aromatic carbocycles. The Bertz CT molecular complexity index is 739. The third-order valence-electron chi connectivity index (χ3n) is 4.85. The number of nitrogens with zero attached hydrogens (tertiary/aromatic N) is 1. The highest BCUT2D eigenvalue weighted by Gasteiger charge is 2.36. The van der Waals surface area contributed by atoms with Gasteiger partial charge in [0.15, 0.2) is 0 Å². The molecule has 1 aliphatic rings. The van der Waals surface area contributed by atoms with Crippen molar-refractivity contribution >= 4 is 24.6 Å². The number of amides is 2. The Morgan fingerprint density at radius 3 is 2.30 bits per heavy atom. The summed E-state index contributed by atoms with van der Waals surface area (Å²) in [5.41, 5.74) is 1.15. The van der Waals surface area contributed by atoms with Gasteiger partial charge in [0.2, 0.25) is 6.10 Å². The van der Waals surface area contributed by atoms with E-state index in [1.54, 1.807) is 24.3 Å². The molecular weight excluding hydrogens is 385 g/mol. The lowest BCUT2D eigenvalue weighted by molar-refractivity contribution is -0.131. The second-order valence-corrected chi connectivity index (χ2v) is 8.56. The van der Waals surface area contributed by atoms with Gasteiger partial charge in [-0.25, -0.2) is 0 Å². The molecule has 8 nitrogen and oxygen atoms in total. The highest BCUT2D eigenvalue weighted by atomic mass is 16.6. The number of nitrogens with one attached hydrogen (secondary N) is 2. The van der Waals surface area contributed by atoms with Crippen molar-refractivity contribution in [1.29, 1.82) is 0 Å². The summed E-state index contributed by atoms with van der Waals surface area (Å²) >= 11 is 0. The zero-order valence-electron chi connectivity index (χ0n) is 18.0. The van der Waals surface area contributed by atoms with Crippen molar-refractivity contribution in [2.45, 2.75) is 65.0 Å². The summed E-state index contributed by atoms with van der Waals surface area (Å²) in [5.74, 6) is -0.976. The first-order valence-corrected chi connectivity index (χ1v) is 10.4. The third kappa shape index (κ3) is 7.14. The average Bonchev–Trinajstić information content (AvgIpc) is 3.17. The molecule has 1 aliphatic heterocycles. The summed E-state index contributed by atoms with van der Waals surface area (Å²) in [7, 11) is -1.66. The van der Waals surface area contributed by atoms with Crippen LogP contribution in [0.25, 0.3) is 0 Å². The maximum Gasteiger partial charge on any atom is 0.475 e. The number of carbonyl (C=O) groups excluding carboxylic acids is 2. The van der Waals surface area contributed by atoms with Crippen LogP contribution in [0.4, 0.5) is 0 Å². The van der Waals surface area contributed by atoms with Crippen molar-refractivity contribution in [3.63, 3.8) is 0 Å². The topological polar surface area (TPSA) is 120 Å². The van der Waals surface area contributed by atoms with E-state index in [-0.39, 0.29) is 24.3 Å². The molecule has 164 valence electrons. The van der Waals surface area contributed by atoms with Crippen LogP contribution in [0.15, 0.2) is 35.5 Å². The molecule has 30 heavy (non-hydrogen) atoms. The zero-order chi connectivity index (χ0) is 22.3. The van der Waals surface area contributed by atoms with Crippen LogP contribution in [0.1, 0.15) is 57.3 Å². The number of hydrogen-bond acceptors (Lipinski definition) is 6. The molecule has 2 amide bonds.